The molecule has 6 heteroatoms. The van der Waals surface area contributed by atoms with Crippen molar-refractivity contribution in [3.8, 4) is 11.4 Å². The number of hydrogen-bond donors (Lipinski definition) is 0. The molecule has 2 aromatic heterocycles. The molecule has 0 bridgehead atoms. The fourth-order valence-corrected chi connectivity index (χ4v) is 4.61. The lowest BCUT2D eigenvalue weighted by atomic mass is 9.84. The van der Waals surface area contributed by atoms with E-state index in [9.17, 15) is 9.59 Å². The van der Waals surface area contributed by atoms with Crippen LogP contribution in [-0.4, -0.2) is 21.1 Å². The number of esters is 1. The highest BCUT2D eigenvalue weighted by Gasteiger charge is 2.50. The summed E-state index contributed by atoms with van der Waals surface area (Å²) in [7, 11) is 0. The Morgan fingerprint density at radius 1 is 1.20 bits per heavy atom. The van der Waals surface area contributed by atoms with Crippen molar-refractivity contribution in [2.75, 3.05) is 0 Å². The normalized spacial score (nSPS) is 19.9. The molecule has 30 heavy (non-hydrogen) atoms. The Balaban J connectivity index is 1.78. The maximum Gasteiger partial charge on any atom is 0.343 e. The lowest BCUT2D eigenvalue weighted by Gasteiger charge is -2.40. The first-order valence-electron chi connectivity index (χ1n) is 10.3. The van der Waals surface area contributed by atoms with Crippen LogP contribution >= 0.6 is 0 Å². The van der Waals surface area contributed by atoms with Gasteiger partial charge in [0.1, 0.15) is 6.61 Å². The lowest BCUT2D eigenvalue weighted by Crippen LogP contribution is -2.49. The van der Waals surface area contributed by atoms with Gasteiger partial charge in [0.25, 0.3) is 5.56 Å². The third-order valence-corrected chi connectivity index (χ3v) is 5.86. The Bertz CT molecular complexity index is 1270. The van der Waals surface area contributed by atoms with Gasteiger partial charge < -0.3 is 14.0 Å². The molecule has 2 aliphatic rings. The van der Waals surface area contributed by atoms with E-state index in [0.717, 1.165) is 27.9 Å². The summed E-state index contributed by atoms with van der Waals surface area (Å²) in [4.78, 5) is 31.2. The number of pyridine rings is 2. The number of hydrogen-bond acceptors (Lipinski definition) is 5. The average Bonchev–Trinajstić information content (AvgIpc) is 3.06. The van der Waals surface area contributed by atoms with Crippen LogP contribution in [0.3, 0.4) is 0 Å². The molecular formula is C24H24N2O4. The number of para-hydroxylation sites is 1. The number of aromatic nitrogens is 2. The van der Waals surface area contributed by atoms with Gasteiger partial charge in [0.05, 0.1) is 34.6 Å². The lowest BCUT2D eigenvalue weighted by molar-refractivity contribution is -0.200. The topological polar surface area (TPSA) is 70.4 Å². The highest BCUT2D eigenvalue weighted by molar-refractivity contribution is 5.86. The van der Waals surface area contributed by atoms with Crippen LogP contribution in [0.15, 0.2) is 41.2 Å². The Morgan fingerprint density at radius 3 is 2.70 bits per heavy atom. The van der Waals surface area contributed by atoms with Gasteiger partial charge in [0.15, 0.2) is 5.60 Å². The molecule has 1 aromatic carbocycles. The third kappa shape index (κ3) is 2.63. The zero-order chi connectivity index (χ0) is 21.3. The molecule has 1 atom stereocenters. The zero-order valence-electron chi connectivity index (χ0n) is 17.6. The van der Waals surface area contributed by atoms with Crippen LogP contribution < -0.4 is 5.56 Å². The Hall–Kier alpha value is -2.99. The molecule has 0 aliphatic carbocycles. The van der Waals surface area contributed by atoms with Gasteiger partial charge in [0, 0.05) is 16.5 Å². The molecule has 0 spiro atoms. The molecule has 5 rings (SSSR count). The molecule has 0 saturated heterocycles. The van der Waals surface area contributed by atoms with Gasteiger partial charge in [-0.3, -0.25) is 4.79 Å². The second-order valence-electron chi connectivity index (χ2n) is 8.97. The van der Waals surface area contributed by atoms with Gasteiger partial charge in [-0.1, -0.05) is 25.1 Å². The van der Waals surface area contributed by atoms with Crippen LogP contribution in [0.25, 0.3) is 22.3 Å². The summed E-state index contributed by atoms with van der Waals surface area (Å²) in [5.74, 6) is -0.443. The number of fused-ring (bicyclic) bond motifs is 5. The van der Waals surface area contributed by atoms with Crippen LogP contribution in [0, 0.1) is 0 Å². The fraction of sp³-hybridized carbons (Fsp3) is 0.375. The van der Waals surface area contributed by atoms with E-state index in [-0.39, 0.29) is 12.2 Å². The SMILES string of the molecule is CC[C@@]1(OC(C)(C)C)C(=O)OCc2c1cc1n(c2=O)Cc2cc3ccccc3nc2-1. The predicted octanol–water partition coefficient (Wildman–Crippen LogP) is 3.90. The first-order chi connectivity index (χ1) is 14.2. The number of rotatable bonds is 2. The van der Waals surface area contributed by atoms with Crippen molar-refractivity contribution in [1.82, 2.24) is 9.55 Å². The van der Waals surface area contributed by atoms with E-state index >= 15 is 0 Å². The maximum absolute atomic E-state index is 13.4. The number of nitrogens with zero attached hydrogens (tertiary/aromatic N) is 2. The minimum atomic E-state index is -1.31. The molecule has 3 aromatic rings. The number of cyclic esters (lactones) is 1. The molecule has 0 unspecified atom stereocenters. The summed E-state index contributed by atoms with van der Waals surface area (Å²) in [6, 6.07) is 11.9. The van der Waals surface area contributed by atoms with E-state index < -0.39 is 17.2 Å². The van der Waals surface area contributed by atoms with Gasteiger partial charge in [-0.2, -0.15) is 0 Å². The Labute approximate surface area is 174 Å². The zero-order valence-corrected chi connectivity index (χ0v) is 17.6. The summed E-state index contributed by atoms with van der Waals surface area (Å²) in [6.07, 6.45) is 0.372. The van der Waals surface area contributed by atoms with E-state index in [0.29, 0.717) is 24.1 Å². The standard InChI is InChI=1S/C24H24N2O4/c1-5-24(30-23(2,3)4)17-11-19-20-15(10-14-8-6-7-9-18(14)25-20)12-26(19)21(27)16(17)13-29-22(24)28/h6-11H,5,12-13H2,1-4H3/t24-/m0/s1. The van der Waals surface area contributed by atoms with Crippen molar-refractivity contribution in [2.24, 2.45) is 0 Å². The molecular weight excluding hydrogens is 380 g/mol. The summed E-state index contributed by atoms with van der Waals surface area (Å²) >= 11 is 0. The largest absolute Gasteiger partial charge is 0.458 e. The maximum atomic E-state index is 13.4. The molecule has 6 nitrogen and oxygen atoms in total. The quantitative estimate of drug-likeness (QED) is 0.474. The average molecular weight is 404 g/mol. The summed E-state index contributed by atoms with van der Waals surface area (Å²) in [6.45, 7) is 8.00. The number of ether oxygens (including phenoxy) is 2. The predicted molar refractivity (Wildman–Crippen MR) is 113 cm³/mol. The number of carbonyl (C=O) groups is 1. The van der Waals surface area contributed by atoms with E-state index in [1.807, 2.05) is 58.0 Å². The van der Waals surface area contributed by atoms with Crippen molar-refractivity contribution >= 4 is 16.9 Å². The molecule has 4 heterocycles. The van der Waals surface area contributed by atoms with E-state index in [1.165, 1.54) is 0 Å². The molecule has 0 radical (unpaired) electrons. The highest BCUT2D eigenvalue weighted by Crippen LogP contribution is 2.42. The first-order valence-corrected chi connectivity index (χ1v) is 10.3. The molecule has 0 saturated carbocycles. The molecule has 0 N–H and O–H groups in total. The Kier molecular flexibility index (Phi) is 3.96. The summed E-state index contributed by atoms with van der Waals surface area (Å²) < 4.78 is 13.5. The minimum Gasteiger partial charge on any atom is -0.458 e. The van der Waals surface area contributed by atoms with Crippen LogP contribution in [0.2, 0.25) is 0 Å². The van der Waals surface area contributed by atoms with Crippen LogP contribution in [0.5, 0.6) is 0 Å². The summed E-state index contributed by atoms with van der Waals surface area (Å²) in [5.41, 5.74) is 2.44. The van der Waals surface area contributed by atoms with E-state index in [4.69, 9.17) is 14.5 Å². The highest BCUT2D eigenvalue weighted by atomic mass is 16.6. The van der Waals surface area contributed by atoms with Crippen molar-refractivity contribution in [1.29, 1.82) is 0 Å². The number of benzene rings is 1. The monoisotopic (exact) mass is 404 g/mol. The van der Waals surface area contributed by atoms with Gasteiger partial charge in [0.2, 0.25) is 0 Å². The molecule has 154 valence electrons. The van der Waals surface area contributed by atoms with Gasteiger partial charge >= 0.3 is 5.97 Å². The van der Waals surface area contributed by atoms with Crippen molar-refractivity contribution < 1.29 is 14.3 Å². The van der Waals surface area contributed by atoms with Crippen LogP contribution in [-0.2, 0) is 33.0 Å². The first kappa shape index (κ1) is 19.0. The second-order valence-corrected chi connectivity index (χ2v) is 8.97. The fourth-order valence-electron chi connectivity index (χ4n) is 4.61. The van der Waals surface area contributed by atoms with Crippen LogP contribution in [0.1, 0.15) is 50.8 Å². The second kappa shape index (κ2) is 6.25. The molecule has 0 amide bonds. The van der Waals surface area contributed by atoms with E-state index in [2.05, 4.69) is 6.07 Å². The summed E-state index contributed by atoms with van der Waals surface area (Å²) in [5, 5.41) is 1.04. The van der Waals surface area contributed by atoms with Crippen LogP contribution in [0.4, 0.5) is 0 Å². The van der Waals surface area contributed by atoms with Crippen molar-refractivity contribution in [2.45, 2.75) is 58.5 Å². The smallest absolute Gasteiger partial charge is 0.343 e. The van der Waals surface area contributed by atoms with E-state index in [1.54, 1.807) is 4.57 Å². The molecule has 0 fully saturated rings. The minimum absolute atomic E-state index is 0.0335. The third-order valence-electron chi connectivity index (χ3n) is 5.86. The Morgan fingerprint density at radius 2 is 1.97 bits per heavy atom. The number of carbonyl (C=O) groups excluding carboxylic acids is 1. The van der Waals surface area contributed by atoms with Gasteiger partial charge in [-0.15, -0.1) is 0 Å². The van der Waals surface area contributed by atoms with Gasteiger partial charge in [-0.25, -0.2) is 9.78 Å². The van der Waals surface area contributed by atoms with Gasteiger partial charge in [-0.05, 0) is 45.4 Å². The molecule has 2 aliphatic heterocycles. The van der Waals surface area contributed by atoms with Crippen molar-refractivity contribution in [3.63, 3.8) is 0 Å². The van der Waals surface area contributed by atoms with Crippen molar-refractivity contribution in [3.05, 3.63) is 63.4 Å².